The van der Waals surface area contributed by atoms with Gasteiger partial charge in [0.1, 0.15) is 33.5 Å². The van der Waals surface area contributed by atoms with Gasteiger partial charge in [-0.1, -0.05) is 333 Å². The van der Waals surface area contributed by atoms with E-state index in [9.17, 15) is 0 Å². The first-order valence-electron chi connectivity index (χ1n) is 47.9. The van der Waals surface area contributed by atoms with Crippen LogP contribution in [-0.2, 0) is 21.7 Å². The lowest BCUT2D eigenvalue weighted by Gasteiger charge is -2.34. The Balaban J connectivity index is 0.683. The average molecular weight is 1770 g/mol. The third-order valence-corrected chi connectivity index (χ3v) is 30.1. The lowest BCUT2D eigenvalue weighted by molar-refractivity contribution is 0.590. The first kappa shape index (κ1) is 79.4. The first-order valence-corrected chi connectivity index (χ1v) is 47.9. The smallest absolute Gasteiger partial charge is 0.160 e. The number of benzene rings is 20. The Kier molecular flexibility index (Phi) is 17.1. The van der Waals surface area contributed by atoms with Crippen molar-refractivity contribution >= 4 is 156 Å². The molecule has 8 heteroatoms. The van der Waals surface area contributed by atoms with E-state index in [-0.39, 0.29) is 10.8 Å². The molecule has 138 heavy (non-hydrogen) atoms. The molecular formula is C130H90N4O4. The van der Waals surface area contributed by atoms with Gasteiger partial charge in [0.25, 0.3) is 0 Å². The normalized spacial score (nSPS) is 13.4. The molecule has 24 aromatic rings. The molecule has 0 bridgehead atoms. The summed E-state index contributed by atoms with van der Waals surface area (Å²) in [4.78, 5) is 9.83. The molecule has 0 fully saturated rings. The summed E-state index contributed by atoms with van der Waals surface area (Å²) in [7, 11) is 0. The van der Waals surface area contributed by atoms with Gasteiger partial charge in [0.2, 0.25) is 0 Å². The van der Waals surface area contributed by atoms with E-state index in [1.54, 1.807) is 0 Å². The molecule has 0 aliphatic heterocycles. The average Bonchev–Trinajstić information content (AvgIpc) is 1.49. The van der Waals surface area contributed by atoms with Crippen LogP contribution in [0.3, 0.4) is 0 Å². The van der Waals surface area contributed by atoms with Gasteiger partial charge in [0.05, 0.1) is 44.4 Å². The number of fused-ring (bicyclic) bond motifs is 36. The zero-order chi connectivity index (χ0) is 91.8. The first-order chi connectivity index (χ1) is 67.7. The number of furan rings is 4. The van der Waals surface area contributed by atoms with Crippen molar-refractivity contribution in [3.05, 3.63) is 492 Å². The van der Waals surface area contributed by atoms with Gasteiger partial charge in [-0.2, -0.15) is 0 Å². The summed E-state index contributed by atoms with van der Waals surface area (Å²) in [5, 5.41) is 8.14. The van der Waals surface area contributed by atoms with E-state index < -0.39 is 10.8 Å². The van der Waals surface area contributed by atoms with E-state index in [2.05, 4.69) is 498 Å². The lowest BCUT2D eigenvalue weighted by atomic mass is 9.70. The van der Waals surface area contributed by atoms with Crippen molar-refractivity contribution in [3.8, 4) is 55.6 Å². The minimum atomic E-state index is -0.935. The molecule has 0 radical (unpaired) electrons. The Morgan fingerprint density at radius 3 is 0.768 bits per heavy atom. The van der Waals surface area contributed by atoms with Crippen LogP contribution in [0.25, 0.3) is 143 Å². The highest BCUT2D eigenvalue weighted by Crippen LogP contribution is 2.71. The van der Waals surface area contributed by atoms with Crippen molar-refractivity contribution in [1.29, 1.82) is 0 Å². The van der Waals surface area contributed by atoms with Crippen LogP contribution in [0.2, 0.25) is 0 Å². The van der Waals surface area contributed by atoms with E-state index in [0.717, 1.165) is 212 Å². The Hall–Kier alpha value is -17.2. The monoisotopic (exact) mass is 1770 g/mol. The van der Waals surface area contributed by atoms with Crippen molar-refractivity contribution in [2.24, 2.45) is 0 Å². The summed E-state index contributed by atoms with van der Waals surface area (Å²) in [6.45, 7) is 13.7. The number of hydrogen-bond donors (Lipinski definition) is 0. The Morgan fingerprint density at radius 1 is 0.188 bits per heavy atom. The fraction of sp³-hybridized carbons (Fsp3) is 0.0769. The Labute approximate surface area is 799 Å². The molecule has 0 atom stereocenters. The second-order valence-electron chi connectivity index (χ2n) is 39.5. The molecular weight excluding hydrogens is 1680 g/mol. The molecule has 4 heterocycles. The van der Waals surface area contributed by atoms with Crippen molar-refractivity contribution in [3.63, 3.8) is 0 Å². The molecule has 8 nitrogen and oxygen atoms in total. The fourth-order valence-corrected chi connectivity index (χ4v) is 24.2. The molecule has 0 unspecified atom stereocenters. The molecule has 0 saturated carbocycles. The molecule has 0 amide bonds. The topological polar surface area (TPSA) is 65.5 Å². The SMILES string of the molecule is CC(C)(C)c1ccc(N(c2ccccc2)c2cc3c(c4c2oc2ccccc24)-c2c(cc(N(c4ccc(C(C)(C)C)cc4)c4cccc(-c5cccc(N(c6ccccc6)c6cc7c(c8c6oc6ccccc68)-c6c(cc(N(c8ccccc8)c8ccccc8)c8c6oc6ccccc68)C76c7ccccc7-c7ccccc76)c5)c4)c4c2oc2ccccc24)C32c3ccccc3-c3ccccc32)cc1. The van der Waals surface area contributed by atoms with Crippen molar-refractivity contribution in [2.75, 3.05) is 19.6 Å². The van der Waals surface area contributed by atoms with E-state index in [1.807, 2.05) is 0 Å². The van der Waals surface area contributed by atoms with Gasteiger partial charge in [-0.15, -0.1) is 0 Å². The Morgan fingerprint density at radius 2 is 0.435 bits per heavy atom. The molecule has 28 rings (SSSR count). The van der Waals surface area contributed by atoms with Crippen LogP contribution in [0.1, 0.15) is 97.2 Å². The number of hydrogen-bond acceptors (Lipinski definition) is 8. The van der Waals surface area contributed by atoms with Crippen molar-refractivity contribution < 1.29 is 17.7 Å². The fourth-order valence-electron chi connectivity index (χ4n) is 24.2. The maximum absolute atomic E-state index is 7.88. The van der Waals surface area contributed by atoms with Crippen LogP contribution in [0, 0.1) is 0 Å². The largest absolute Gasteiger partial charge is 0.455 e. The van der Waals surface area contributed by atoms with E-state index in [0.29, 0.717) is 0 Å². The lowest BCUT2D eigenvalue weighted by Crippen LogP contribution is -2.26. The van der Waals surface area contributed by atoms with E-state index in [1.165, 1.54) is 55.6 Å². The van der Waals surface area contributed by atoms with Crippen molar-refractivity contribution in [2.45, 2.75) is 63.2 Å². The number of para-hydroxylation sites is 8. The van der Waals surface area contributed by atoms with E-state index in [4.69, 9.17) is 17.7 Å². The summed E-state index contributed by atoms with van der Waals surface area (Å²) < 4.78 is 30.8. The highest BCUT2D eigenvalue weighted by atomic mass is 16.3. The third-order valence-electron chi connectivity index (χ3n) is 30.1. The molecule has 2 spiro atoms. The van der Waals surface area contributed by atoms with Gasteiger partial charge in [-0.25, -0.2) is 0 Å². The summed E-state index contributed by atoms with van der Waals surface area (Å²) in [5.41, 5.74) is 39.0. The highest BCUT2D eigenvalue weighted by molar-refractivity contribution is 6.29. The predicted molar refractivity (Wildman–Crippen MR) is 570 cm³/mol. The molecule has 4 aliphatic carbocycles. The molecule has 654 valence electrons. The third kappa shape index (κ3) is 11.3. The zero-order valence-electron chi connectivity index (χ0n) is 77.0. The molecule has 4 aliphatic rings. The maximum Gasteiger partial charge on any atom is 0.160 e. The van der Waals surface area contributed by atoms with Crippen LogP contribution < -0.4 is 19.6 Å². The van der Waals surface area contributed by atoms with Gasteiger partial charge in [-0.3, -0.25) is 0 Å². The summed E-state index contributed by atoms with van der Waals surface area (Å²) in [6, 6.07) is 161. The number of anilines is 12. The van der Waals surface area contributed by atoms with Crippen LogP contribution >= 0.6 is 0 Å². The molecule has 4 aromatic heterocycles. The van der Waals surface area contributed by atoms with Crippen LogP contribution in [-0.4, -0.2) is 0 Å². The van der Waals surface area contributed by atoms with Crippen LogP contribution in [0.4, 0.5) is 68.2 Å². The zero-order valence-corrected chi connectivity index (χ0v) is 77.0. The summed E-state index contributed by atoms with van der Waals surface area (Å²) >= 11 is 0. The predicted octanol–water partition coefficient (Wildman–Crippen LogP) is 36.1. The summed E-state index contributed by atoms with van der Waals surface area (Å²) in [5.74, 6) is 0. The van der Waals surface area contributed by atoms with Crippen molar-refractivity contribution in [1.82, 2.24) is 0 Å². The highest BCUT2D eigenvalue weighted by Gasteiger charge is 2.57. The van der Waals surface area contributed by atoms with E-state index >= 15 is 0 Å². The van der Waals surface area contributed by atoms with Gasteiger partial charge in [-0.05, 0) is 245 Å². The second kappa shape index (κ2) is 29.6. The quantitative estimate of drug-likeness (QED) is 0.113. The molecule has 20 aromatic carbocycles. The van der Waals surface area contributed by atoms with Crippen LogP contribution in [0.5, 0.6) is 0 Å². The minimum absolute atomic E-state index is 0.0731. The van der Waals surface area contributed by atoms with Gasteiger partial charge in [0, 0.05) is 100 Å². The molecule has 0 N–H and O–H groups in total. The van der Waals surface area contributed by atoms with Crippen LogP contribution in [0.15, 0.2) is 454 Å². The maximum atomic E-state index is 7.88. The number of rotatable bonds is 13. The molecule has 0 saturated heterocycles. The summed E-state index contributed by atoms with van der Waals surface area (Å²) in [6.07, 6.45) is 0. The number of nitrogens with zero attached hydrogens (tertiary/aromatic N) is 4. The van der Waals surface area contributed by atoms with Gasteiger partial charge in [0.15, 0.2) is 11.2 Å². The second-order valence-corrected chi connectivity index (χ2v) is 39.5. The van der Waals surface area contributed by atoms with Gasteiger partial charge < -0.3 is 37.3 Å². The standard InChI is InChI=1S/C130H90N4O4/c1-127(2,3)81-65-69-87(70-66-81)132(85-43-15-9-16-44-85)109-77-103-119(117-97-55-25-33-63-113(97)135-123(109)117)122-106(129(103)99-57-27-19-49-91(99)92-50-20-28-58-100(92)129)76-108(116-96-54-24-32-62-112(96)138-126(116)122)133(88-71-67-82(68-72-88)128(4,5)6)89-47-35-37-79(73-89)80-38-36-48-90(74-80)134(86-45-17-10-18-46-86)110-78-104-120(118-98-56-26-34-64-114(98)136-124(110)118)121-105(130(104)101-59-29-21-51-93(101)94-52-22-30-60-102(94)130)75-107(115-95-53-23-31-61-111(95)137-125(115)121)131(83-39-11-7-12-40-83)84-41-13-8-14-42-84/h7-78H,1-6H3. The van der Waals surface area contributed by atoms with Gasteiger partial charge >= 0.3 is 0 Å². The minimum Gasteiger partial charge on any atom is -0.455 e. The Bertz CT molecular complexity index is 9060.